The summed E-state index contributed by atoms with van der Waals surface area (Å²) in [6, 6.07) is 64.9. The van der Waals surface area contributed by atoms with Crippen LogP contribution in [0.2, 0.25) is 0 Å². The third-order valence-corrected chi connectivity index (χ3v) is 22.5. The summed E-state index contributed by atoms with van der Waals surface area (Å²) in [5, 5.41) is 7.45. The van der Waals surface area contributed by atoms with Crippen LogP contribution in [0.4, 0.5) is 35.9 Å². The average molecular weight is 1570 g/mol. The number of hydrogen-bond donors (Lipinski definition) is 2. The van der Waals surface area contributed by atoms with E-state index < -0.39 is 65.9 Å². The van der Waals surface area contributed by atoms with E-state index in [2.05, 4.69) is 10.6 Å². The van der Waals surface area contributed by atoms with Crippen molar-refractivity contribution < 1.29 is 79.8 Å². The highest BCUT2D eigenvalue weighted by Gasteiger charge is 2.51. The monoisotopic (exact) mass is 1570 g/mol. The summed E-state index contributed by atoms with van der Waals surface area (Å²) in [6.07, 6.45) is -3.61. The lowest BCUT2D eigenvalue weighted by molar-refractivity contribution is -0.152. The molecule has 5 amide bonds. The van der Waals surface area contributed by atoms with Crippen molar-refractivity contribution >= 4 is 101 Å². The summed E-state index contributed by atoms with van der Waals surface area (Å²) < 4.78 is 98.6. The number of nitrogens with zero attached hydrogens (tertiary/aromatic N) is 3. The van der Waals surface area contributed by atoms with Gasteiger partial charge in [-0.25, -0.2) is 0 Å². The number of alkyl halides is 3. The molecule has 0 saturated carbocycles. The number of fused-ring (bicyclic) bond motifs is 2. The van der Waals surface area contributed by atoms with Crippen LogP contribution in [0.1, 0.15) is 102 Å². The van der Waals surface area contributed by atoms with Crippen LogP contribution >= 0.6 is 0 Å². The molecule has 6 aliphatic heterocycles. The lowest BCUT2D eigenvalue weighted by Gasteiger charge is -2.37. The number of benzene rings is 13. The van der Waals surface area contributed by atoms with Gasteiger partial charge in [-0.3, -0.25) is 43.5 Å². The van der Waals surface area contributed by atoms with Crippen LogP contribution in [0.5, 0.6) is 46.0 Å². The molecule has 0 radical (unpaired) electrons. The van der Waals surface area contributed by atoms with Gasteiger partial charge in [-0.05, 0) is 176 Å². The Bertz CT molecular complexity index is 5700. The Balaban J connectivity index is 0.833. The highest BCUT2D eigenvalue weighted by molar-refractivity contribution is 6.45. The topological polar surface area (TPSA) is 223 Å². The first-order valence-electron chi connectivity index (χ1n) is 39.3. The fourth-order valence-corrected chi connectivity index (χ4v) is 16.3. The second-order valence-corrected chi connectivity index (χ2v) is 30.3. The molecule has 0 aromatic heterocycles. The molecule has 19 nitrogen and oxygen atoms in total. The van der Waals surface area contributed by atoms with Crippen LogP contribution in [0.3, 0.4) is 0 Å². The van der Waals surface area contributed by atoms with E-state index in [4.69, 9.17) is 37.9 Å². The average Bonchev–Trinajstić information content (AvgIpc) is 1.62. The fraction of sp³-hybridized carbons (Fsp3) is 0.221. The second kappa shape index (κ2) is 30.7. The summed E-state index contributed by atoms with van der Waals surface area (Å²) >= 11 is 0. The molecular weight excluding hydrogens is 1490 g/mol. The smallest absolute Gasteiger partial charge is 0.391 e. The SMILES string of the molecule is CCC(C(=O)N(c1ccc(CCC2CO2)cc1)c1ccc(CCC2CO2)cc1)N1C(=O)c2cc(Oc3ccccc3)c3c4c(Oc5ccccc5)cc5c6c(cc(Oc7ccccc7)c(c7c(Oc8ccccc8)cc(c2c37)C1=O)c64)C(=O)N(C(CC(F)(F)F)C(=O)C(c1ccc(NCC2CO2)cc1)c1ccc(NCC2CO2)cc1)C5=O. The maximum Gasteiger partial charge on any atom is 0.391 e. The molecule has 4 fully saturated rings. The minimum atomic E-state index is -5.17. The van der Waals surface area contributed by atoms with Gasteiger partial charge in [0.25, 0.3) is 29.5 Å². The number of epoxide rings is 4. The molecule has 13 aromatic carbocycles. The van der Waals surface area contributed by atoms with Crippen LogP contribution in [0.15, 0.2) is 243 Å². The van der Waals surface area contributed by atoms with Crippen LogP contribution in [-0.2, 0) is 41.4 Å². The lowest BCUT2D eigenvalue weighted by Crippen LogP contribution is -2.53. The molecule has 586 valence electrons. The van der Waals surface area contributed by atoms with Crippen LogP contribution in [0.25, 0.3) is 43.1 Å². The molecule has 0 aliphatic carbocycles. The largest absolute Gasteiger partial charge is 0.457 e. The third kappa shape index (κ3) is 14.9. The molecule has 6 aliphatic rings. The van der Waals surface area contributed by atoms with Crippen molar-refractivity contribution in [2.24, 2.45) is 0 Å². The lowest BCUT2D eigenvalue weighted by atomic mass is 9.79. The van der Waals surface area contributed by atoms with Gasteiger partial charge in [0.1, 0.15) is 58.1 Å². The van der Waals surface area contributed by atoms with E-state index in [9.17, 15) is 0 Å². The van der Waals surface area contributed by atoms with Gasteiger partial charge in [-0.1, -0.05) is 128 Å². The third-order valence-electron chi connectivity index (χ3n) is 22.5. The van der Waals surface area contributed by atoms with E-state index in [-0.39, 0.29) is 153 Å². The Morgan fingerprint density at radius 2 is 0.735 bits per heavy atom. The molecular formula is C95H76F3N5O14. The number of ether oxygens (including phenoxy) is 8. The molecule has 6 unspecified atom stereocenters. The minimum absolute atomic E-state index is 0.00660. The van der Waals surface area contributed by atoms with Gasteiger partial charge >= 0.3 is 6.18 Å². The van der Waals surface area contributed by atoms with Gasteiger partial charge < -0.3 is 48.5 Å². The molecule has 4 saturated heterocycles. The first-order valence-corrected chi connectivity index (χ1v) is 39.3. The molecule has 0 bridgehead atoms. The molecule has 117 heavy (non-hydrogen) atoms. The van der Waals surface area contributed by atoms with Crippen LogP contribution in [-0.4, -0.2) is 127 Å². The first kappa shape index (κ1) is 74.1. The molecule has 2 N–H and O–H groups in total. The molecule has 6 heterocycles. The zero-order valence-electron chi connectivity index (χ0n) is 63.3. The maximum absolute atomic E-state index is 16.7. The van der Waals surface area contributed by atoms with E-state index in [1.165, 1.54) is 24.3 Å². The van der Waals surface area contributed by atoms with E-state index in [1.807, 2.05) is 48.5 Å². The second-order valence-electron chi connectivity index (χ2n) is 30.3. The van der Waals surface area contributed by atoms with Crippen LogP contribution in [0, 0.1) is 0 Å². The summed E-state index contributed by atoms with van der Waals surface area (Å²) in [5.41, 5.74) is 4.12. The predicted molar refractivity (Wildman–Crippen MR) is 436 cm³/mol. The van der Waals surface area contributed by atoms with Crippen molar-refractivity contribution in [3.05, 3.63) is 287 Å². The number of aryl methyl sites for hydroxylation is 2. The van der Waals surface area contributed by atoms with Gasteiger partial charge in [0.2, 0.25) is 0 Å². The Hall–Kier alpha value is -13.0. The Morgan fingerprint density at radius 3 is 1.03 bits per heavy atom. The number of amides is 5. The number of nitrogens with one attached hydrogen (secondary N) is 2. The number of Topliss-reactive ketones (excluding diaryl/α,β-unsaturated/α-hetero) is 1. The Morgan fingerprint density at radius 1 is 0.419 bits per heavy atom. The molecule has 19 rings (SSSR count). The normalized spacial score (nSPS) is 17.9. The van der Waals surface area contributed by atoms with Gasteiger partial charge in [0.15, 0.2) is 5.78 Å². The number of halogens is 3. The number of rotatable bonds is 31. The standard InChI is InChI=1S/C95H76F3N5O14/c1-2-74(94(109)101(60-37-23-54(24-38-60)27-41-66-50-110-66)61-39-25-55(26-40-61)28-42-67-51-111-67)102-90(105)70-43-76(114-62-15-7-3-8-16-62)83-85-78(116-64-19-11-5-12-20-64)45-72-82-73(46-79(117-65-21-13-6-14-22-65)86(88(82)85)84-77(115-63-17-9-4-10-18-63)44-71(91(102)106)81(70)87(83)84)93(108)103(92(72)107)75(47-95(96,97)98)89(104)80(56-29-33-58(34-30-56)99-48-68-52-112-68)57-31-35-59(36-32-57)100-49-69-53-113-69/h3-26,29-40,43-46,66-69,74-75,80,99-100H,2,27-28,41-42,47-53H2,1H3. The number of carbonyl (C=O) groups excluding carboxylic acids is 6. The van der Waals surface area contributed by atoms with Crippen LogP contribution < -0.4 is 34.5 Å². The number of anilines is 4. The van der Waals surface area contributed by atoms with Crippen molar-refractivity contribution in [1.29, 1.82) is 0 Å². The van der Waals surface area contributed by atoms with Crippen molar-refractivity contribution in [3.8, 4) is 46.0 Å². The Labute approximate surface area is 669 Å². The maximum atomic E-state index is 16.7. The zero-order chi connectivity index (χ0) is 79.7. The summed E-state index contributed by atoms with van der Waals surface area (Å²) in [5.74, 6) is -6.73. The number of carbonyl (C=O) groups is 6. The number of imide groups is 2. The van der Waals surface area contributed by atoms with Gasteiger partial charge in [0.05, 0.1) is 85.4 Å². The molecule has 22 heteroatoms. The van der Waals surface area contributed by atoms with Crippen molar-refractivity contribution in [1.82, 2.24) is 9.80 Å². The van der Waals surface area contributed by atoms with Crippen molar-refractivity contribution in [2.75, 3.05) is 55.1 Å². The van der Waals surface area contributed by atoms with Gasteiger partial charge in [-0.2, -0.15) is 13.2 Å². The first-order chi connectivity index (χ1) is 57.0. The Kier molecular flexibility index (Phi) is 19.4. The zero-order valence-corrected chi connectivity index (χ0v) is 63.3. The summed E-state index contributed by atoms with van der Waals surface area (Å²) in [7, 11) is 0. The van der Waals surface area contributed by atoms with Gasteiger partial charge in [0, 0.05) is 78.9 Å². The summed E-state index contributed by atoms with van der Waals surface area (Å²) in [4.78, 5) is 102. The number of ketones is 1. The highest BCUT2D eigenvalue weighted by Crippen LogP contribution is 2.59. The van der Waals surface area contributed by atoms with Crippen molar-refractivity contribution in [3.63, 3.8) is 0 Å². The van der Waals surface area contributed by atoms with E-state index in [0.717, 1.165) is 41.7 Å². The molecule has 6 atom stereocenters. The van der Waals surface area contributed by atoms with E-state index >= 15 is 41.9 Å². The quantitative estimate of drug-likeness (QED) is 0.0178. The predicted octanol–water partition coefficient (Wildman–Crippen LogP) is 19.2. The molecule has 0 spiro atoms. The number of para-hydroxylation sites is 4. The highest BCUT2D eigenvalue weighted by atomic mass is 19.4. The number of hydrogen-bond acceptors (Lipinski definition) is 16. The molecule has 13 aromatic rings. The van der Waals surface area contributed by atoms with E-state index in [0.29, 0.717) is 67.2 Å². The minimum Gasteiger partial charge on any atom is -0.457 e. The van der Waals surface area contributed by atoms with Crippen molar-refractivity contribution in [2.45, 2.75) is 94.0 Å². The summed E-state index contributed by atoms with van der Waals surface area (Å²) in [6.45, 7) is 5.31. The fourth-order valence-electron chi connectivity index (χ4n) is 16.3. The van der Waals surface area contributed by atoms with Gasteiger partial charge in [-0.15, -0.1) is 0 Å². The van der Waals surface area contributed by atoms with E-state index in [1.54, 1.807) is 182 Å².